The summed E-state index contributed by atoms with van der Waals surface area (Å²) in [4.78, 5) is 32.7. The van der Waals surface area contributed by atoms with Gasteiger partial charge in [-0.2, -0.15) is 4.72 Å². The van der Waals surface area contributed by atoms with Gasteiger partial charge in [0.1, 0.15) is 6.04 Å². The summed E-state index contributed by atoms with van der Waals surface area (Å²) in [6.45, 7) is 1.49. The molecule has 0 radical (unpaired) electrons. The Bertz CT molecular complexity index is 443. The van der Waals surface area contributed by atoms with E-state index in [-0.39, 0.29) is 6.61 Å². The Morgan fingerprint density at radius 1 is 1.26 bits per heavy atom. The third-order valence-electron chi connectivity index (χ3n) is 1.83. The van der Waals surface area contributed by atoms with E-state index in [1.165, 1.54) is 6.92 Å². The second kappa shape index (κ2) is 7.69. The first-order valence-electron chi connectivity index (χ1n) is 5.17. The van der Waals surface area contributed by atoms with E-state index in [0.717, 1.165) is 7.11 Å². The van der Waals surface area contributed by atoms with E-state index >= 15 is 0 Å². The molecule has 0 fully saturated rings. The molecule has 1 atom stereocenters. The van der Waals surface area contributed by atoms with Gasteiger partial charge in [-0.1, -0.05) is 0 Å². The maximum absolute atomic E-state index is 11.5. The van der Waals surface area contributed by atoms with Crippen molar-refractivity contribution in [3.8, 4) is 0 Å². The van der Waals surface area contributed by atoms with Crippen molar-refractivity contribution in [2.24, 2.45) is 0 Å². The first kappa shape index (κ1) is 17.3. The lowest BCUT2D eigenvalue weighted by atomic mass is 10.2. The van der Waals surface area contributed by atoms with Crippen molar-refractivity contribution < 1.29 is 37.4 Å². The van der Waals surface area contributed by atoms with Gasteiger partial charge in [-0.25, -0.2) is 8.42 Å². The fourth-order valence-corrected chi connectivity index (χ4v) is 2.14. The quantitative estimate of drug-likeness (QED) is 0.516. The number of aliphatic carboxylic acids is 1. The van der Waals surface area contributed by atoms with Crippen LogP contribution in [0.5, 0.6) is 0 Å². The minimum absolute atomic E-state index is 0.00112. The number of esters is 2. The van der Waals surface area contributed by atoms with E-state index in [2.05, 4.69) is 9.47 Å². The van der Waals surface area contributed by atoms with Crippen LogP contribution >= 0.6 is 0 Å². The van der Waals surface area contributed by atoms with Gasteiger partial charge in [0.05, 0.1) is 20.1 Å². The molecule has 0 rings (SSSR count). The Labute approximate surface area is 109 Å². The number of methoxy groups -OCH3 is 1. The van der Waals surface area contributed by atoms with Gasteiger partial charge in [-0.15, -0.1) is 0 Å². The molecule has 0 amide bonds. The summed E-state index contributed by atoms with van der Waals surface area (Å²) in [5.74, 6) is -4.49. The minimum Gasteiger partial charge on any atom is -0.480 e. The molecule has 0 heterocycles. The van der Waals surface area contributed by atoms with Gasteiger partial charge in [0.2, 0.25) is 10.0 Å². The summed E-state index contributed by atoms with van der Waals surface area (Å²) < 4.78 is 33.3. The second-order valence-corrected chi connectivity index (χ2v) is 5.11. The zero-order valence-electron chi connectivity index (χ0n) is 10.4. The van der Waals surface area contributed by atoms with Crippen LogP contribution in [0.25, 0.3) is 0 Å². The average molecular weight is 297 g/mol. The van der Waals surface area contributed by atoms with Gasteiger partial charge in [-0.05, 0) is 6.92 Å². The molecule has 10 heteroatoms. The van der Waals surface area contributed by atoms with Gasteiger partial charge >= 0.3 is 17.9 Å². The number of carbonyl (C=O) groups excluding carboxylic acids is 2. The number of carboxylic acids is 1. The lowest BCUT2D eigenvalue weighted by molar-refractivity contribution is -0.147. The molecule has 0 spiro atoms. The zero-order valence-corrected chi connectivity index (χ0v) is 11.2. The summed E-state index contributed by atoms with van der Waals surface area (Å²) >= 11 is 0. The highest BCUT2D eigenvalue weighted by molar-refractivity contribution is 7.90. The molecule has 0 unspecified atom stereocenters. The van der Waals surface area contributed by atoms with Gasteiger partial charge in [0.15, 0.2) is 5.75 Å². The molecule has 2 N–H and O–H groups in total. The second-order valence-electron chi connectivity index (χ2n) is 3.35. The van der Waals surface area contributed by atoms with E-state index in [1.807, 2.05) is 0 Å². The maximum Gasteiger partial charge on any atom is 0.322 e. The standard InChI is InChI=1S/C9H15NO8S/c1-3-18-8(12)5-19(15,16)10-6(9(13)14)4-7(11)17-2/h6,10H,3-5H2,1-2H3,(H,13,14)/t6-/m0/s1. The Balaban J connectivity index is 4.70. The van der Waals surface area contributed by atoms with Crippen molar-refractivity contribution in [1.29, 1.82) is 0 Å². The number of sulfonamides is 1. The van der Waals surface area contributed by atoms with Crippen molar-refractivity contribution in [2.75, 3.05) is 19.5 Å². The lowest BCUT2D eigenvalue weighted by Crippen LogP contribution is -2.44. The van der Waals surface area contributed by atoms with Crippen molar-refractivity contribution in [2.45, 2.75) is 19.4 Å². The van der Waals surface area contributed by atoms with E-state index in [1.54, 1.807) is 4.72 Å². The highest BCUT2D eigenvalue weighted by atomic mass is 32.2. The fraction of sp³-hybridized carbons (Fsp3) is 0.667. The third-order valence-corrected chi connectivity index (χ3v) is 3.09. The van der Waals surface area contributed by atoms with Crippen molar-refractivity contribution in [1.82, 2.24) is 4.72 Å². The molecule has 9 nitrogen and oxygen atoms in total. The number of carbonyl (C=O) groups is 3. The van der Waals surface area contributed by atoms with Crippen LogP contribution in [0.2, 0.25) is 0 Å². The number of ether oxygens (including phenoxy) is 2. The number of hydrogen-bond donors (Lipinski definition) is 2. The number of nitrogens with one attached hydrogen (secondary N) is 1. The van der Waals surface area contributed by atoms with E-state index in [9.17, 15) is 22.8 Å². The van der Waals surface area contributed by atoms with Gasteiger partial charge < -0.3 is 14.6 Å². The summed E-state index contributed by atoms with van der Waals surface area (Å²) in [5.41, 5.74) is 0. The molecule has 0 aromatic carbocycles. The van der Waals surface area contributed by atoms with Crippen LogP contribution in [0.1, 0.15) is 13.3 Å². The van der Waals surface area contributed by atoms with Crippen LogP contribution in [-0.2, 0) is 33.9 Å². The Morgan fingerprint density at radius 2 is 1.84 bits per heavy atom. The monoisotopic (exact) mass is 297 g/mol. The molecule has 0 bridgehead atoms. The van der Waals surface area contributed by atoms with Crippen LogP contribution in [0.3, 0.4) is 0 Å². The predicted octanol–water partition coefficient (Wildman–Crippen LogP) is -1.51. The van der Waals surface area contributed by atoms with Crippen molar-refractivity contribution >= 4 is 27.9 Å². The average Bonchev–Trinajstić information content (AvgIpc) is 2.26. The summed E-state index contributed by atoms with van der Waals surface area (Å²) in [7, 11) is -3.18. The summed E-state index contributed by atoms with van der Waals surface area (Å²) in [5, 5.41) is 8.77. The third kappa shape index (κ3) is 7.36. The first-order chi connectivity index (χ1) is 8.71. The molecule has 0 saturated heterocycles. The normalized spacial score (nSPS) is 12.5. The van der Waals surface area contributed by atoms with Crippen LogP contribution in [0.4, 0.5) is 0 Å². The van der Waals surface area contributed by atoms with Gasteiger partial charge in [-0.3, -0.25) is 14.4 Å². The molecular weight excluding hydrogens is 282 g/mol. The zero-order chi connectivity index (χ0) is 15.1. The van der Waals surface area contributed by atoms with E-state index in [4.69, 9.17) is 5.11 Å². The maximum atomic E-state index is 11.5. The molecular formula is C9H15NO8S. The SMILES string of the molecule is CCOC(=O)CS(=O)(=O)N[C@@H](CC(=O)OC)C(=O)O. The predicted molar refractivity (Wildman–Crippen MR) is 61.6 cm³/mol. The number of rotatable bonds is 8. The molecule has 0 aromatic rings. The van der Waals surface area contributed by atoms with E-state index in [0.29, 0.717) is 0 Å². The molecule has 0 aliphatic heterocycles. The lowest BCUT2D eigenvalue weighted by Gasteiger charge is -2.13. The topological polar surface area (TPSA) is 136 Å². The molecule has 0 aliphatic carbocycles. The molecule has 0 saturated carbocycles. The van der Waals surface area contributed by atoms with E-state index < -0.39 is 46.1 Å². The Morgan fingerprint density at radius 3 is 2.26 bits per heavy atom. The van der Waals surface area contributed by atoms with Crippen LogP contribution in [-0.4, -0.2) is 56.9 Å². The number of carboxylic acid groups (broad SMARTS) is 1. The molecule has 0 aliphatic rings. The molecule has 110 valence electrons. The highest BCUT2D eigenvalue weighted by Gasteiger charge is 2.28. The summed E-state index contributed by atoms with van der Waals surface area (Å²) in [6, 6.07) is -1.70. The van der Waals surface area contributed by atoms with Crippen molar-refractivity contribution in [3.63, 3.8) is 0 Å². The Hall–Kier alpha value is -1.68. The van der Waals surface area contributed by atoms with Gasteiger partial charge in [0, 0.05) is 0 Å². The summed E-state index contributed by atoms with van der Waals surface area (Å²) in [6.07, 6.45) is -0.687. The Kier molecular flexibility index (Phi) is 7.01. The minimum atomic E-state index is -4.21. The fourth-order valence-electron chi connectivity index (χ4n) is 1.05. The van der Waals surface area contributed by atoms with Gasteiger partial charge in [0.25, 0.3) is 0 Å². The van der Waals surface area contributed by atoms with Crippen LogP contribution in [0, 0.1) is 0 Å². The van der Waals surface area contributed by atoms with Crippen LogP contribution < -0.4 is 4.72 Å². The molecule has 0 aromatic heterocycles. The first-order valence-corrected chi connectivity index (χ1v) is 6.82. The highest BCUT2D eigenvalue weighted by Crippen LogP contribution is 1.99. The largest absolute Gasteiger partial charge is 0.480 e. The molecule has 19 heavy (non-hydrogen) atoms. The smallest absolute Gasteiger partial charge is 0.322 e. The number of hydrogen-bond acceptors (Lipinski definition) is 7. The van der Waals surface area contributed by atoms with Crippen LogP contribution in [0.15, 0.2) is 0 Å². The van der Waals surface area contributed by atoms with Crippen molar-refractivity contribution in [3.05, 3.63) is 0 Å².